The molecule has 0 spiro atoms. The van der Waals surface area contributed by atoms with Crippen LogP contribution in [0.3, 0.4) is 0 Å². The number of nitrogens with zero attached hydrogens (tertiary/aromatic N) is 1. The van der Waals surface area contributed by atoms with Crippen LogP contribution < -0.4 is 0 Å². The van der Waals surface area contributed by atoms with Crippen LogP contribution in [0.25, 0.3) is 0 Å². The van der Waals surface area contributed by atoms with Crippen molar-refractivity contribution in [3.8, 4) is 0 Å². The lowest BCUT2D eigenvalue weighted by atomic mass is 10.1. The van der Waals surface area contributed by atoms with Gasteiger partial charge in [-0.3, -0.25) is 4.90 Å². The van der Waals surface area contributed by atoms with Gasteiger partial charge in [0.15, 0.2) is 6.23 Å². The molecule has 1 aromatic rings. The molecule has 0 aliphatic rings. The normalized spacial score (nSPS) is 12.6. The average molecular weight is 379 g/mol. The predicted octanol–water partition coefficient (Wildman–Crippen LogP) is 3.54. The molecular weight excluding hydrogens is 362 g/mol. The minimum atomic E-state index is -0.291. The van der Waals surface area contributed by atoms with E-state index in [-0.39, 0.29) is 12.2 Å². The molecule has 1 rings (SSSR count). The maximum absolute atomic E-state index is 12.0. The molecule has 0 aliphatic heterocycles. The molecule has 0 saturated carbocycles. The van der Waals surface area contributed by atoms with Crippen LogP contribution >= 0.6 is 31.9 Å². The Morgan fingerprint density at radius 2 is 1.72 bits per heavy atom. The molecule has 0 aromatic heterocycles. The van der Waals surface area contributed by atoms with Crippen molar-refractivity contribution in [3.63, 3.8) is 0 Å². The number of carbonyl (C=O) groups is 1. The molecule has 3 nitrogen and oxygen atoms in total. The highest BCUT2D eigenvalue weighted by atomic mass is 79.9. The first-order chi connectivity index (χ1) is 8.47. The van der Waals surface area contributed by atoms with E-state index in [4.69, 9.17) is 4.74 Å². The van der Waals surface area contributed by atoms with E-state index in [9.17, 15) is 4.79 Å². The van der Waals surface area contributed by atoms with Crippen LogP contribution in [-0.4, -0.2) is 31.2 Å². The van der Waals surface area contributed by atoms with Crippen LogP contribution in [0.15, 0.2) is 18.2 Å². The predicted molar refractivity (Wildman–Crippen MR) is 80.3 cm³/mol. The van der Waals surface area contributed by atoms with Crippen molar-refractivity contribution in [2.24, 2.45) is 0 Å². The molecule has 0 saturated heterocycles. The van der Waals surface area contributed by atoms with Gasteiger partial charge in [0.1, 0.15) is 0 Å². The molecule has 0 fully saturated rings. The van der Waals surface area contributed by atoms with E-state index in [1.165, 1.54) is 0 Å². The van der Waals surface area contributed by atoms with E-state index in [2.05, 4.69) is 37.9 Å². The first kappa shape index (κ1) is 15.7. The smallest absolute Gasteiger partial charge is 0.339 e. The molecule has 1 aromatic carbocycles. The van der Waals surface area contributed by atoms with Crippen molar-refractivity contribution >= 4 is 37.8 Å². The highest BCUT2D eigenvalue weighted by Crippen LogP contribution is 2.17. The van der Waals surface area contributed by atoms with Gasteiger partial charge in [0.25, 0.3) is 0 Å². The largest absolute Gasteiger partial charge is 0.443 e. The Bertz CT molecular complexity index is 399. The van der Waals surface area contributed by atoms with E-state index < -0.39 is 0 Å². The average Bonchev–Trinajstić information content (AvgIpc) is 2.37. The van der Waals surface area contributed by atoms with Crippen LogP contribution in [0.5, 0.6) is 0 Å². The number of esters is 1. The molecule has 18 heavy (non-hydrogen) atoms. The Labute approximate surface area is 125 Å². The third-order valence-electron chi connectivity index (χ3n) is 2.60. The lowest BCUT2D eigenvalue weighted by Gasteiger charge is -2.20. The van der Waals surface area contributed by atoms with Crippen LogP contribution in [0, 0.1) is 0 Å². The van der Waals surface area contributed by atoms with Gasteiger partial charge in [-0.25, -0.2) is 4.79 Å². The maximum atomic E-state index is 12.0. The second-order valence-electron chi connectivity index (χ2n) is 4.27. The number of hydrogen-bond acceptors (Lipinski definition) is 3. The number of carbonyl (C=O) groups excluding carboxylic acids is 1. The van der Waals surface area contributed by atoms with Gasteiger partial charge >= 0.3 is 5.97 Å². The van der Waals surface area contributed by atoms with Crippen LogP contribution in [0.1, 0.15) is 28.4 Å². The summed E-state index contributed by atoms with van der Waals surface area (Å²) in [5.41, 5.74) is 2.72. The summed E-state index contributed by atoms with van der Waals surface area (Å²) in [6, 6.07) is 5.76. The molecular formula is C13H17Br2NO2. The molecule has 0 bridgehead atoms. The summed E-state index contributed by atoms with van der Waals surface area (Å²) in [6.07, 6.45) is -0.238. The first-order valence-electron chi connectivity index (χ1n) is 5.60. The van der Waals surface area contributed by atoms with Crippen molar-refractivity contribution in [3.05, 3.63) is 34.9 Å². The van der Waals surface area contributed by atoms with E-state index in [1.807, 2.05) is 38.1 Å². The van der Waals surface area contributed by atoms with Gasteiger partial charge in [-0.2, -0.15) is 0 Å². The third kappa shape index (κ3) is 4.37. The molecule has 1 atom stereocenters. The summed E-state index contributed by atoms with van der Waals surface area (Å²) in [7, 11) is 3.74. The molecule has 0 heterocycles. The molecule has 100 valence electrons. The standard InChI is InChI=1S/C13H17Br2NO2/c1-9(16(2)3)18-13(17)12-5-10(7-14)4-11(6-12)8-15/h4-6,9H,7-8H2,1-3H3. The summed E-state index contributed by atoms with van der Waals surface area (Å²) in [5, 5.41) is 1.44. The number of benzene rings is 1. The second-order valence-corrected chi connectivity index (χ2v) is 5.40. The van der Waals surface area contributed by atoms with E-state index in [0.29, 0.717) is 5.56 Å². The minimum absolute atomic E-state index is 0.238. The van der Waals surface area contributed by atoms with Gasteiger partial charge in [-0.05, 0) is 44.3 Å². The molecule has 5 heteroatoms. The second kappa shape index (κ2) is 7.26. The van der Waals surface area contributed by atoms with Gasteiger partial charge in [0.05, 0.1) is 5.56 Å². The lowest BCUT2D eigenvalue weighted by Crippen LogP contribution is -2.30. The highest BCUT2D eigenvalue weighted by Gasteiger charge is 2.14. The van der Waals surface area contributed by atoms with Crippen molar-refractivity contribution in [2.45, 2.75) is 23.8 Å². The van der Waals surface area contributed by atoms with E-state index in [0.717, 1.165) is 21.8 Å². The van der Waals surface area contributed by atoms with Crippen molar-refractivity contribution in [1.82, 2.24) is 4.90 Å². The Balaban J connectivity index is 2.91. The van der Waals surface area contributed by atoms with E-state index in [1.54, 1.807) is 0 Å². The Kier molecular flexibility index (Phi) is 6.32. The zero-order valence-corrected chi connectivity index (χ0v) is 13.9. The monoisotopic (exact) mass is 377 g/mol. The number of hydrogen-bond donors (Lipinski definition) is 0. The Morgan fingerprint density at radius 3 is 2.11 bits per heavy atom. The maximum Gasteiger partial charge on any atom is 0.339 e. The summed E-state index contributed by atoms with van der Waals surface area (Å²) in [4.78, 5) is 13.9. The molecule has 0 amide bonds. The number of ether oxygens (including phenoxy) is 1. The zero-order chi connectivity index (χ0) is 13.7. The first-order valence-corrected chi connectivity index (χ1v) is 7.84. The summed E-state index contributed by atoms with van der Waals surface area (Å²) >= 11 is 6.81. The van der Waals surface area contributed by atoms with Gasteiger partial charge in [0.2, 0.25) is 0 Å². The minimum Gasteiger partial charge on any atom is -0.443 e. The van der Waals surface area contributed by atoms with Gasteiger partial charge in [-0.1, -0.05) is 37.9 Å². The fraction of sp³-hybridized carbons (Fsp3) is 0.462. The van der Waals surface area contributed by atoms with Crippen LogP contribution in [0.2, 0.25) is 0 Å². The molecule has 0 radical (unpaired) electrons. The fourth-order valence-electron chi connectivity index (χ4n) is 1.36. The molecule has 0 aliphatic carbocycles. The number of alkyl halides is 2. The lowest BCUT2D eigenvalue weighted by molar-refractivity contribution is -0.00548. The number of halogens is 2. The summed E-state index contributed by atoms with van der Waals surface area (Å²) < 4.78 is 5.35. The number of rotatable bonds is 5. The summed E-state index contributed by atoms with van der Waals surface area (Å²) in [5.74, 6) is -0.291. The van der Waals surface area contributed by atoms with E-state index >= 15 is 0 Å². The van der Waals surface area contributed by atoms with Crippen LogP contribution in [0.4, 0.5) is 0 Å². The van der Waals surface area contributed by atoms with Crippen molar-refractivity contribution in [1.29, 1.82) is 0 Å². The molecule has 0 N–H and O–H groups in total. The SMILES string of the molecule is CC(OC(=O)c1cc(CBr)cc(CBr)c1)N(C)C. The van der Waals surface area contributed by atoms with Crippen LogP contribution in [-0.2, 0) is 15.4 Å². The molecule has 1 unspecified atom stereocenters. The summed E-state index contributed by atoms with van der Waals surface area (Å²) in [6.45, 7) is 1.84. The Morgan fingerprint density at radius 1 is 1.22 bits per heavy atom. The van der Waals surface area contributed by atoms with Gasteiger partial charge in [-0.15, -0.1) is 0 Å². The quantitative estimate of drug-likeness (QED) is 0.446. The third-order valence-corrected chi connectivity index (χ3v) is 3.90. The fourth-order valence-corrected chi connectivity index (χ4v) is 2.01. The Hall–Kier alpha value is -0.390. The zero-order valence-electron chi connectivity index (χ0n) is 10.7. The topological polar surface area (TPSA) is 29.5 Å². The van der Waals surface area contributed by atoms with Crippen molar-refractivity contribution < 1.29 is 9.53 Å². The highest BCUT2D eigenvalue weighted by molar-refractivity contribution is 9.08. The van der Waals surface area contributed by atoms with Gasteiger partial charge in [0, 0.05) is 10.7 Å². The van der Waals surface area contributed by atoms with Crippen molar-refractivity contribution in [2.75, 3.05) is 14.1 Å². The van der Waals surface area contributed by atoms with Gasteiger partial charge < -0.3 is 4.74 Å².